The zero-order valence-corrected chi connectivity index (χ0v) is 13.6. The molecule has 2 aromatic rings. The van der Waals surface area contributed by atoms with E-state index in [-0.39, 0.29) is 17.9 Å². The van der Waals surface area contributed by atoms with Gasteiger partial charge >= 0.3 is 0 Å². The number of unbranched alkanes of at least 4 members (excludes halogenated alkanes) is 2. The second-order valence-electron chi connectivity index (χ2n) is 5.86. The Morgan fingerprint density at radius 3 is 2.96 bits per heavy atom. The summed E-state index contributed by atoms with van der Waals surface area (Å²) in [6.45, 7) is 4.73. The summed E-state index contributed by atoms with van der Waals surface area (Å²) in [4.78, 5) is 16.9. The Morgan fingerprint density at radius 2 is 2.22 bits per heavy atom. The van der Waals surface area contributed by atoms with Crippen molar-refractivity contribution in [1.29, 1.82) is 0 Å². The van der Waals surface area contributed by atoms with Gasteiger partial charge in [0.05, 0.1) is 18.5 Å². The van der Waals surface area contributed by atoms with Crippen molar-refractivity contribution in [3.63, 3.8) is 0 Å². The summed E-state index contributed by atoms with van der Waals surface area (Å²) in [5.41, 5.74) is 0.579. The smallest absolute Gasteiger partial charge is 0.193 e. The van der Waals surface area contributed by atoms with E-state index in [9.17, 15) is 4.79 Å². The van der Waals surface area contributed by atoms with Gasteiger partial charge in [0.2, 0.25) is 0 Å². The first-order valence-electron chi connectivity index (χ1n) is 8.16. The lowest BCUT2D eigenvalue weighted by Crippen LogP contribution is -2.37. The molecule has 1 aliphatic heterocycles. The van der Waals surface area contributed by atoms with Crippen LogP contribution in [0.4, 0.5) is 0 Å². The fourth-order valence-corrected chi connectivity index (χ4v) is 2.89. The van der Waals surface area contributed by atoms with Gasteiger partial charge in [0.25, 0.3) is 0 Å². The van der Waals surface area contributed by atoms with Gasteiger partial charge in [-0.1, -0.05) is 19.8 Å². The molecule has 1 aromatic carbocycles. The predicted molar refractivity (Wildman–Crippen MR) is 87.1 cm³/mol. The molecule has 0 saturated carbocycles. The van der Waals surface area contributed by atoms with Crippen molar-refractivity contribution in [2.45, 2.75) is 45.3 Å². The number of imidazole rings is 1. The summed E-state index contributed by atoms with van der Waals surface area (Å²) in [5.74, 6) is 1.38. The maximum atomic E-state index is 12.9. The molecule has 2 atom stereocenters. The molecule has 122 valence electrons. The Labute approximate surface area is 136 Å². The van der Waals surface area contributed by atoms with E-state index in [4.69, 9.17) is 9.47 Å². The molecule has 0 fully saturated rings. The molecule has 0 spiro atoms. The van der Waals surface area contributed by atoms with E-state index in [2.05, 4.69) is 11.9 Å². The van der Waals surface area contributed by atoms with Crippen LogP contribution in [0.15, 0.2) is 36.9 Å². The van der Waals surface area contributed by atoms with E-state index in [1.54, 1.807) is 29.4 Å². The third kappa shape index (κ3) is 3.23. The molecule has 1 aromatic heterocycles. The van der Waals surface area contributed by atoms with Crippen molar-refractivity contribution in [3.05, 3.63) is 42.5 Å². The van der Waals surface area contributed by atoms with Gasteiger partial charge in [-0.05, 0) is 31.5 Å². The van der Waals surface area contributed by atoms with Gasteiger partial charge < -0.3 is 14.0 Å². The van der Waals surface area contributed by atoms with Gasteiger partial charge in [-0.2, -0.15) is 0 Å². The molecule has 0 saturated heterocycles. The van der Waals surface area contributed by atoms with Crippen LogP contribution >= 0.6 is 0 Å². The van der Waals surface area contributed by atoms with E-state index in [1.807, 2.05) is 19.1 Å². The number of hydrogen-bond donors (Lipinski definition) is 0. The maximum absolute atomic E-state index is 12.9. The summed E-state index contributed by atoms with van der Waals surface area (Å²) in [7, 11) is 0. The Hall–Kier alpha value is -2.30. The standard InChI is InChI=1S/C18H22N2O3/c1-3-4-5-10-22-14-6-7-16-15(11-14)18(21)17(13(2)23-16)20-9-8-19-12-20/h6-9,11-13,17H,3-5,10H2,1-2H3. The molecule has 3 rings (SSSR count). The minimum atomic E-state index is -0.389. The molecule has 5 nitrogen and oxygen atoms in total. The highest BCUT2D eigenvalue weighted by atomic mass is 16.5. The molecule has 0 radical (unpaired) electrons. The molecule has 5 heteroatoms. The van der Waals surface area contributed by atoms with Crippen molar-refractivity contribution in [2.75, 3.05) is 6.61 Å². The number of aromatic nitrogens is 2. The third-order valence-electron chi connectivity index (χ3n) is 4.11. The number of benzene rings is 1. The van der Waals surface area contributed by atoms with Crippen molar-refractivity contribution in [1.82, 2.24) is 9.55 Å². The summed E-state index contributed by atoms with van der Waals surface area (Å²) in [6, 6.07) is 5.09. The van der Waals surface area contributed by atoms with Gasteiger partial charge in [0.15, 0.2) is 5.78 Å². The summed E-state index contributed by atoms with van der Waals surface area (Å²) in [5, 5.41) is 0. The monoisotopic (exact) mass is 314 g/mol. The number of hydrogen-bond acceptors (Lipinski definition) is 4. The van der Waals surface area contributed by atoms with E-state index >= 15 is 0 Å². The van der Waals surface area contributed by atoms with E-state index in [0.717, 1.165) is 25.0 Å². The number of carbonyl (C=O) groups is 1. The number of Topliss-reactive ketones (excluding diaryl/α,β-unsaturated/α-hetero) is 1. The van der Waals surface area contributed by atoms with Gasteiger partial charge in [-0.15, -0.1) is 0 Å². The van der Waals surface area contributed by atoms with Crippen LogP contribution in [0, 0.1) is 0 Å². The normalized spacial score (nSPS) is 20.0. The van der Waals surface area contributed by atoms with E-state index in [0.29, 0.717) is 17.9 Å². The van der Waals surface area contributed by atoms with Gasteiger partial charge in [-0.3, -0.25) is 4.79 Å². The van der Waals surface area contributed by atoms with Crippen LogP contribution in [0.3, 0.4) is 0 Å². The molecule has 23 heavy (non-hydrogen) atoms. The Bertz CT molecular complexity index is 667. The van der Waals surface area contributed by atoms with Crippen LogP contribution in [0.2, 0.25) is 0 Å². The lowest BCUT2D eigenvalue weighted by molar-refractivity contribution is 0.0717. The second kappa shape index (κ2) is 6.86. The third-order valence-corrected chi connectivity index (χ3v) is 4.11. The molecule has 0 bridgehead atoms. The van der Waals surface area contributed by atoms with Crippen LogP contribution in [0.5, 0.6) is 11.5 Å². The largest absolute Gasteiger partial charge is 0.494 e. The van der Waals surface area contributed by atoms with Gasteiger partial charge in [0, 0.05) is 12.4 Å². The van der Waals surface area contributed by atoms with Gasteiger partial charge in [0.1, 0.15) is 23.6 Å². The van der Waals surface area contributed by atoms with Gasteiger partial charge in [-0.25, -0.2) is 4.98 Å². The highest BCUT2D eigenvalue weighted by molar-refractivity contribution is 6.03. The average molecular weight is 314 g/mol. The fraction of sp³-hybridized carbons (Fsp3) is 0.444. The number of ether oxygens (including phenoxy) is 2. The molecular formula is C18H22N2O3. The Morgan fingerprint density at radius 1 is 1.35 bits per heavy atom. The van der Waals surface area contributed by atoms with Crippen molar-refractivity contribution >= 4 is 5.78 Å². The lowest BCUT2D eigenvalue weighted by Gasteiger charge is -2.31. The van der Waals surface area contributed by atoms with E-state index in [1.165, 1.54) is 0 Å². The quantitative estimate of drug-likeness (QED) is 0.764. The van der Waals surface area contributed by atoms with Crippen LogP contribution in [-0.4, -0.2) is 28.0 Å². The van der Waals surface area contributed by atoms with Crippen LogP contribution in [0.1, 0.15) is 49.5 Å². The highest BCUT2D eigenvalue weighted by Crippen LogP contribution is 2.35. The number of rotatable bonds is 6. The Kier molecular flexibility index (Phi) is 4.65. The molecule has 0 aliphatic carbocycles. The van der Waals surface area contributed by atoms with Crippen molar-refractivity contribution in [3.8, 4) is 11.5 Å². The number of ketones is 1. The first-order chi connectivity index (χ1) is 11.2. The number of nitrogens with zero attached hydrogens (tertiary/aromatic N) is 2. The SMILES string of the molecule is CCCCCOc1ccc2c(c1)C(=O)C(n1ccnc1)C(C)O2. The maximum Gasteiger partial charge on any atom is 0.193 e. The molecular weight excluding hydrogens is 292 g/mol. The van der Waals surface area contributed by atoms with Crippen LogP contribution in [0.25, 0.3) is 0 Å². The first-order valence-corrected chi connectivity index (χ1v) is 8.16. The minimum absolute atomic E-state index is 0.0377. The zero-order chi connectivity index (χ0) is 16.2. The molecule has 2 heterocycles. The highest BCUT2D eigenvalue weighted by Gasteiger charge is 2.35. The minimum Gasteiger partial charge on any atom is -0.494 e. The van der Waals surface area contributed by atoms with Crippen molar-refractivity contribution in [2.24, 2.45) is 0 Å². The molecule has 0 amide bonds. The Balaban J connectivity index is 1.80. The topological polar surface area (TPSA) is 53.4 Å². The lowest BCUT2D eigenvalue weighted by atomic mass is 9.96. The zero-order valence-electron chi connectivity index (χ0n) is 13.6. The molecule has 0 N–H and O–H groups in total. The van der Waals surface area contributed by atoms with Crippen LogP contribution in [-0.2, 0) is 0 Å². The molecule has 1 aliphatic rings. The molecule has 2 unspecified atom stereocenters. The second-order valence-corrected chi connectivity index (χ2v) is 5.86. The average Bonchev–Trinajstić information content (AvgIpc) is 3.06. The summed E-state index contributed by atoms with van der Waals surface area (Å²) in [6.07, 6.45) is 8.20. The predicted octanol–water partition coefficient (Wildman–Crippen LogP) is 3.66. The van der Waals surface area contributed by atoms with Crippen molar-refractivity contribution < 1.29 is 14.3 Å². The first kappa shape index (κ1) is 15.6. The van der Waals surface area contributed by atoms with E-state index < -0.39 is 0 Å². The number of carbonyl (C=O) groups excluding carboxylic acids is 1. The number of fused-ring (bicyclic) bond motifs is 1. The summed E-state index contributed by atoms with van der Waals surface area (Å²) < 4.78 is 13.5. The van der Waals surface area contributed by atoms with Crippen LogP contribution < -0.4 is 9.47 Å². The summed E-state index contributed by atoms with van der Waals surface area (Å²) >= 11 is 0. The fourth-order valence-electron chi connectivity index (χ4n) is 2.89.